The summed E-state index contributed by atoms with van der Waals surface area (Å²) in [5.74, 6) is 0. The highest BCUT2D eigenvalue weighted by molar-refractivity contribution is 7.19. The number of benzene rings is 4. The quantitative estimate of drug-likeness (QED) is 0.174. The van der Waals surface area contributed by atoms with Crippen molar-refractivity contribution in [3.63, 3.8) is 0 Å². The molecule has 0 aliphatic carbocycles. The molecular formula is C40H52Si. The van der Waals surface area contributed by atoms with E-state index in [-0.39, 0.29) is 21.7 Å². The van der Waals surface area contributed by atoms with Crippen LogP contribution in [0.15, 0.2) is 97.1 Å². The maximum atomic E-state index is 2.43. The third-order valence-electron chi connectivity index (χ3n) is 8.74. The van der Waals surface area contributed by atoms with Gasteiger partial charge in [0, 0.05) is 0 Å². The van der Waals surface area contributed by atoms with Crippen LogP contribution in [0.1, 0.15) is 105 Å². The lowest BCUT2D eigenvalue weighted by Gasteiger charge is -2.36. The zero-order chi connectivity index (χ0) is 30.4. The van der Waals surface area contributed by atoms with Gasteiger partial charge >= 0.3 is 0 Å². The lowest BCUT2D eigenvalue weighted by atomic mass is 9.87. The molecule has 0 saturated heterocycles. The Labute approximate surface area is 252 Å². The zero-order valence-corrected chi connectivity index (χ0v) is 28.7. The van der Waals surface area contributed by atoms with E-state index in [0.717, 1.165) is 0 Å². The SMILES string of the molecule is CC(C)(C)c1ccc([Si](c2ccc(C(C)(C)C)cc2)(c2ccc(C(C)(C)C)cc2)c2ccc(C(C)(C)C)cc2)cc1. The summed E-state index contributed by atoms with van der Waals surface area (Å²) in [7, 11) is -2.63. The van der Waals surface area contributed by atoms with Gasteiger partial charge in [0.1, 0.15) is 0 Å². The maximum absolute atomic E-state index is 2.63. The Balaban J connectivity index is 2.09. The van der Waals surface area contributed by atoms with E-state index in [1.54, 1.807) is 0 Å². The Hall–Kier alpha value is -2.90. The Kier molecular flexibility index (Phi) is 8.13. The second-order valence-electron chi connectivity index (χ2n) is 16.1. The summed E-state index contributed by atoms with van der Waals surface area (Å²) < 4.78 is 0. The predicted octanol–water partition coefficient (Wildman–Crippen LogP) is 8.25. The van der Waals surface area contributed by atoms with Gasteiger partial charge in [0.05, 0.1) is 0 Å². The van der Waals surface area contributed by atoms with E-state index in [0.29, 0.717) is 0 Å². The molecule has 0 saturated carbocycles. The van der Waals surface area contributed by atoms with E-state index in [2.05, 4.69) is 180 Å². The number of rotatable bonds is 4. The summed E-state index contributed by atoms with van der Waals surface area (Å²) in [5.41, 5.74) is 5.94. The molecule has 0 radical (unpaired) electrons. The van der Waals surface area contributed by atoms with E-state index in [1.165, 1.54) is 43.0 Å². The van der Waals surface area contributed by atoms with E-state index in [1.807, 2.05) is 0 Å². The van der Waals surface area contributed by atoms with Crippen molar-refractivity contribution in [3.8, 4) is 0 Å². The predicted molar refractivity (Wildman–Crippen MR) is 185 cm³/mol. The highest BCUT2D eigenvalue weighted by Gasteiger charge is 2.42. The highest BCUT2D eigenvalue weighted by atomic mass is 28.3. The van der Waals surface area contributed by atoms with Gasteiger partial charge in [-0.2, -0.15) is 0 Å². The lowest BCUT2D eigenvalue weighted by Crippen LogP contribution is -2.74. The van der Waals surface area contributed by atoms with Crippen molar-refractivity contribution in [3.05, 3.63) is 119 Å². The fourth-order valence-electron chi connectivity index (χ4n) is 5.88. The smallest absolute Gasteiger partial charge is 0.0616 e. The Morgan fingerprint density at radius 1 is 0.268 bits per heavy atom. The first-order chi connectivity index (χ1) is 18.8. The van der Waals surface area contributed by atoms with E-state index in [9.17, 15) is 0 Å². The first-order valence-electron chi connectivity index (χ1n) is 15.3. The largest absolute Gasteiger partial charge is 0.179 e. The van der Waals surface area contributed by atoms with Crippen LogP contribution >= 0.6 is 0 Å². The van der Waals surface area contributed by atoms with E-state index >= 15 is 0 Å². The van der Waals surface area contributed by atoms with Gasteiger partial charge in [-0.15, -0.1) is 0 Å². The molecule has 4 aromatic carbocycles. The summed E-state index contributed by atoms with van der Waals surface area (Å²) in [6.07, 6.45) is 0. The molecule has 4 aromatic rings. The van der Waals surface area contributed by atoms with Crippen LogP contribution in [0.4, 0.5) is 0 Å². The molecule has 0 N–H and O–H groups in total. The Morgan fingerprint density at radius 3 is 0.537 bits per heavy atom. The molecule has 0 spiro atoms. The van der Waals surface area contributed by atoms with Crippen LogP contribution in [0.5, 0.6) is 0 Å². The van der Waals surface area contributed by atoms with Gasteiger partial charge in [-0.1, -0.05) is 180 Å². The van der Waals surface area contributed by atoms with Crippen molar-refractivity contribution in [1.29, 1.82) is 0 Å². The Bertz CT molecular complexity index is 1210. The van der Waals surface area contributed by atoms with Crippen molar-refractivity contribution in [2.45, 2.75) is 105 Å². The number of hydrogen-bond acceptors (Lipinski definition) is 0. The van der Waals surface area contributed by atoms with Crippen molar-refractivity contribution in [1.82, 2.24) is 0 Å². The highest BCUT2D eigenvalue weighted by Crippen LogP contribution is 2.26. The molecule has 0 aliphatic rings. The molecule has 0 atom stereocenters. The first-order valence-corrected chi connectivity index (χ1v) is 17.3. The second-order valence-corrected chi connectivity index (χ2v) is 19.9. The molecule has 0 nitrogen and oxygen atoms in total. The third kappa shape index (κ3) is 6.31. The van der Waals surface area contributed by atoms with Crippen LogP contribution in [0.2, 0.25) is 0 Å². The Morgan fingerprint density at radius 2 is 0.415 bits per heavy atom. The van der Waals surface area contributed by atoms with Crippen LogP contribution in [0, 0.1) is 0 Å². The van der Waals surface area contributed by atoms with Crippen molar-refractivity contribution >= 4 is 28.8 Å². The van der Waals surface area contributed by atoms with Crippen LogP contribution in [0.3, 0.4) is 0 Å². The fraction of sp³-hybridized carbons (Fsp3) is 0.400. The van der Waals surface area contributed by atoms with Gasteiger partial charge in [-0.25, -0.2) is 0 Å². The van der Waals surface area contributed by atoms with Crippen molar-refractivity contribution in [2.24, 2.45) is 0 Å². The molecule has 216 valence electrons. The van der Waals surface area contributed by atoms with Gasteiger partial charge < -0.3 is 0 Å². The molecule has 41 heavy (non-hydrogen) atoms. The maximum Gasteiger partial charge on any atom is 0.179 e. The van der Waals surface area contributed by atoms with Gasteiger partial charge in [0.2, 0.25) is 0 Å². The molecule has 0 aliphatic heterocycles. The monoisotopic (exact) mass is 560 g/mol. The summed E-state index contributed by atoms with van der Waals surface area (Å²) in [4.78, 5) is 0. The molecule has 0 fully saturated rings. The normalized spacial score (nSPS) is 13.4. The van der Waals surface area contributed by atoms with Crippen LogP contribution in [0.25, 0.3) is 0 Å². The zero-order valence-electron chi connectivity index (χ0n) is 27.7. The molecule has 1 heteroatoms. The molecule has 0 bridgehead atoms. The minimum absolute atomic E-state index is 0.111. The van der Waals surface area contributed by atoms with E-state index < -0.39 is 8.07 Å². The summed E-state index contributed by atoms with van der Waals surface area (Å²) in [6.45, 7) is 27.6. The summed E-state index contributed by atoms with van der Waals surface area (Å²) in [6, 6.07) is 38.4. The standard InChI is InChI=1S/C40H52Si/c1-37(2,3)29-13-21-33(22-14-29)41(34-23-15-30(16-24-34)38(4,5)6,35-25-17-31(18-26-35)39(7,8)9)36-27-19-32(20-28-36)40(10,11)12/h13-28H,1-12H3. The van der Waals surface area contributed by atoms with Gasteiger partial charge in [0.25, 0.3) is 0 Å². The van der Waals surface area contributed by atoms with Gasteiger partial charge in [-0.05, 0) is 64.7 Å². The average Bonchev–Trinajstić information content (AvgIpc) is 2.88. The molecule has 0 unspecified atom stereocenters. The molecule has 0 heterocycles. The molecule has 0 amide bonds. The fourth-order valence-corrected chi connectivity index (χ4v) is 10.5. The van der Waals surface area contributed by atoms with Crippen molar-refractivity contribution in [2.75, 3.05) is 0 Å². The molecular weight excluding hydrogens is 509 g/mol. The third-order valence-corrected chi connectivity index (χ3v) is 13.5. The summed E-state index contributed by atoms with van der Waals surface area (Å²) >= 11 is 0. The first kappa shape index (κ1) is 31.0. The molecule has 4 rings (SSSR count). The summed E-state index contributed by atoms with van der Waals surface area (Å²) in [5, 5.41) is 5.73. The van der Waals surface area contributed by atoms with Gasteiger partial charge in [-0.3, -0.25) is 0 Å². The van der Waals surface area contributed by atoms with Crippen LogP contribution in [-0.4, -0.2) is 8.07 Å². The molecule has 0 aromatic heterocycles. The van der Waals surface area contributed by atoms with Crippen LogP contribution in [-0.2, 0) is 21.7 Å². The number of hydrogen-bond donors (Lipinski definition) is 0. The van der Waals surface area contributed by atoms with E-state index in [4.69, 9.17) is 0 Å². The van der Waals surface area contributed by atoms with Crippen LogP contribution < -0.4 is 20.7 Å². The van der Waals surface area contributed by atoms with Gasteiger partial charge in [0.15, 0.2) is 8.07 Å². The topological polar surface area (TPSA) is 0 Å². The lowest BCUT2D eigenvalue weighted by molar-refractivity contribution is 0.590. The van der Waals surface area contributed by atoms with Crippen molar-refractivity contribution < 1.29 is 0 Å². The minimum Gasteiger partial charge on any atom is -0.0616 e. The average molecular weight is 561 g/mol. The second kappa shape index (κ2) is 10.7. The minimum atomic E-state index is -2.63.